The molecule has 0 saturated heterocycles. The summed E-state index contributed by atoms with van der Waals surface area (Å²) in [7, 11) is 0. The van der Waals surface area contributed by atoms with Crippen molar-refractivity contribution in [1.82, 2.24) is 16.0 Å². The van der Waals surface area contributed by atoms with Crippen LogP contribution in [0.5, 0.6) is 0 Å². The van der Waals surface area contributed by atoms with Crippen molar-refractivity contribution < 1.29 is 4.79 Å². The van der Waals surface area contributed by atoms with E-state index < -0.39 is 0 Å². The van der Waals surface area contributed by atoms with Gasteiger partial charge >= 0.3 is 6.03 Å². The first-order valence-corrected chi connectivity index (χ1v) is 6.96. The minimum atomic E-state index is -0.0670. The van der Waals surface area contributed by atoms with E-state index in [0.717, 1.165) is 6.54 Å². The highest BCUT2D eigenvalue weighted by Gasteiger charge is 2.10. The predicted molar refractivity (Wildman–Crippen MR) is 71.2 cm³/mol. The van der Waals surface area contributed by atoms with Crippen LogP contribution in [0.2, 0.25) is 0 Å². The lowest BCUT2D eigenvalue weighted by Gasteiger charge is -2.16. The van der Waals surface area contributed by atoms with E-state index >= 15 is 0 Å². The van der Waals surface area contributed by atoms with Crippen molar-refractivity contribution in [1.29, 1.82) is 0 Å². The van der Waals surface area contributed by atoms with Gasteiger partial charge in [-0.3, -0.25) is 0 Å². The quantitative estimate of drug-likeness (QED) is 0.509. The Hall–Kier alpha value is -0.770. The topological polar surface area (TPSA) is 53.2 Å². The number of amides is 2. The van der Waals surface area contributed by atoms with Crippen molar-refractivity contribution in [3.63, 3.8) is 0 Å². The summed E-state index contributed by atoms with van der Waals surface area (Å²) in [4.78, 5) is 11.3. The number of nitrogens with one attached hydrogen (secondary N) is 3. The lowest BCUT2D eigenvalue weighted by molar-refractivity contribution is 0.238. The van der Waals surface area contributed by atoms with Crippen LogP contribution in [0.25, 0.3) is 0 Å². The third-order valence-corrected chi connectivity index (χ3v) is 3.12. The van der Waals surface area contributed by atoms with Gasteiger partial charge in [0.1, 0.15) is 0 Å². The highest BCUT2D eigenvalue weighted by molar-refractivity contribution is 5.74. The molecule has 4 nitrogen and oxygen atoms in total. The van der Waals surface area contributed by atoms with Gasteiger partial charge in [0.25, 0.3) is 0 Å². The molecule has 0 unspecified atom stereocenters. The third-order valence-electron chi connectivity index (χ3n) is 3.12. The van der Waals surface area contributed by atoms with E-state index in [1.165, 1.54) is 38.5 Å². The zero-order chi connectivity index (χ0) is 12.5. The Morgan fingerprint density at radius 3 is 2.35 bits per heavy atom. The minimum Gasteiger partial charge on any atom is -0.337 e. The Labute approximate surface area is 105 Å². The second-order valence-corrected chi connectivity index (χ2v) is 5.20. The summed E-state index contributed by atoms with van der Waals surface area (Å²) in [5.41, 5.74) is 0. The summed E-state index contributed by atoms with van der Waals surface area (Å²) < 4.78 is 0. The molecule has 0 aromatic heterocycles. The van der Waals surface area contributed by atoms with Crippen LogP contribution in [0, 0.1) is 0 Å². The average molecular weight is 241 g/mol. The molecule has 2 amide bonds. The van der Waals surface area contributed by atoms with Gasteiger partial charge in [0.15, 0.2) is 0 Å². The fourth-order valence-electron chi connectivity index (χ4n) is 2.25. The summed E-state index contributed by atoms with van der Waals surface area (Å²) in [6.07, 6.45) is 8.04. The van der Waals surface area contributed by atoms with Gasteiger partial charge in [0.05, 0.1) is 0 Å². The summed E-state index contributed by atoms with van der Waals surface area (Å²) >= 11 is 0. The highest BCUT2D eigenvalue weighted by Crippen LogP contribution is 2.16. The molecule has 0 spiro atoms. The Bertz CT molecular complexity index is 211. The molecule has 3 N–H and O–H groups in total. The second-order valence-electron chi connectivity index (χ2n) is 5.20. The standard InChI is InChI=1S/C13H27N3O/c1-11(2)16-13(17)15-10-9-14-12-7-5-3-4-6-8-12/h11-12,14H,3-10H2,1-2H3,(H2,15,16,17). The first kappa shape index (κ1) is 14.3. The minimum absolute atomic E-state index is 0.0670. The zero-order valence-electron chi connectivity index (χ0n) is 11.2. The van der Waals surface area contributed by atoms with Crippen molar-refractivity contribution in [2.45, 2.75) is 64.5 Å². The van der Waals surface area contributed by atoms with E-state index in [2.05, 4.69) is 16.0 Å². The molecule has 1 fully saturated rings. The van der Waals surface area contributed by atoms with Crippen LogP contribution in [-0.4, -0.2) is 31.2 Å². The zero-order valence-corrected chi connectivity index (χ0v) is 11.2. The average Bonchev–Trinajstić information content (AvgIpc) is 2.52. The van der Waals surface area contributed by atoms with Crippen LogP contribution >= 0.6 is 0 Å². The molecule has 1 aliphatic rings. The van der Waals surface area contributed by atoms with Gasteiger partial charge in [-0.25, -0.2) is 4.79 Å². The number of carbonyl (C=O) groups excluding carboxylic acids is 1. The van der Waals surface area contributed by atoms with Crippen LogP contribution in [0.15, 0.2) is 0 Å². The van der Waals surface area contributed by atoms with Crippen molar-refractivity contribution >= 4 is 6.03 Å². The van der Waals surface area contributed by atoms with E-state index in [-0.39, 0.29) is 12.1 Å². The molecule has 0 aliphatic heterocycles. The molecule has 0 aromatic carbocycles. The van der Waals surface area contributed by atoms with E-state index in [1.807, 2.05) is 13.8 Å². The lowest BCUT2D eigenvalue weighted by atomic mass is 10.1. The largest absolute Gasteiger partial charge is 0.337 e. The normalized spacial score (nSPS) is 17.8. The Morgan fingerprint density at radius 1 is 1.12 bits per heavy atom. The van der Waals surface area contributed by atoms with E-state index in [4.69, 9.17) is 0 Å². The maximum Gasteiger partial charge on any atom is 0.315 e. The fraction of sp³-hybridized carbons (Fsp3) is 0.923. The molecule has 100 valence electrons. The molecule has 0 aromatic rings. The highest BCUT2D eigenvalue weighted by atomic mass is 16.2. The fourth-order valence-corrected chi connectivity index (χ4v) is 2.25. The molecular weight excluding hydrogens is 214 g/mol. The molecule has 0 atom stereocenters. The molecule has 1 aliphatic carbocycles. The maximum atomic E-state index is 11.3. The molecule has 1 rings (SSSR count). The SMILES string of the molecule is CC(C)NC(=O)NCCNC1CCCCCC1. The van der Waals surface area contributed by atoms with E-state index in [1.54, 1.807) is 0 Å². The van der Waals surface area contributed by atoms with Gasteiger partial charge < -0.3 is 16.0 Å². The van der Waals surface area contributed by atoms with Crippen molar-refractivity contribution in [2.24, 2.45) is 0 Å². The Balaban J connectivity index is 2.01. The molecule has 0 bridgehead atoms. The van der Waals surface area contributed by atoms with Gasteiger partial charge in [-0.1, -0.05) is 25.7 Å². The Kier molecular flexibility index (Phi) is 7.01. The number of hydrogen-bond donors (Lipinski definition) is 3. The van der Waals surface area contributed by atoms with Crippen LogP contribution in [0.1, 0.15) is 52.4 Å². The summed E-state index contributed by atoms with van der Waals surface area (Å²) in [6.45, 7) is 5.50. The van der Waals surface area contributed by atoms with E-state index in [9.17, 15) is 4.79 Å². The van der Waals surface area contributed by atoms with Gasteiger partial charge in [0, 0.05) is 25.2 Å². The summed E-state index contributed by atoms with van der Waals surface area (Å²) in [5, 5.41) is 9.20. The van der Waals surface area contributed by atoms with Gasteiger partial charge in [-0.15, -0.1) is 0 Å². The van der Waals surface area contributed by atoms with Crippen molar-refractivity contribution in [2.75, 3.05) is 13.1 Å². The molecule has 1 saturated carbocycles. The molecule has 0 radical (unpaired) electrons. The van der Waals surface area contributed by atoms with Crippen LogP contribution in [-0.2, 0) is 0 Å². The summed E-state index contributed by atoms with van der Waals surface area (Å²) in [6, 6.07) is 0.792. The maximum absolute atomic E-state index is 11.3. The first-order valence-electron chi connectivity index (χ1n) is 6.96. The van der Waals surface area contributed by atoms with Gasteiger partial charge in [0.2, 0.25) is 0 Å². The molecule has 17 heavy (non-hydrogen) atoms. The number of urea groups is 1. The van der Waals surface area contributed by atoms with Crippen LogP contribution < -0.4 is 16.0 Å². The Morgan fingerprint density at radius 2 is 1.76 bits per heavy atom. The van der Waals surface area contributed by atoms with Crippen molar-refractivity contribution in [3.8, 4) is 0 Å². The number of rotatable bonds is 5. The first-order chi connectivity index (χ1) is 8.18. The van der Waals surface area contributed by atoms with E-state index in [0.29, 0.717) is 12.6 Å². The van der Waals surface area contributed by atoms with Crippen LogP contribution in [0.4, 0.5) is 4.79 Å². The number of carbonyl (C=O) groups is 1. The van der Waals surface area contributed by atoms with Crippen molar-refractivity contribution in [3.05, 3.63) is 0 Å². The lowest BCUT2D eigenvalue weighted by Crippen LogP contribution is -2.43. The van der Waals surface area contributed by atoms with Gasteiger partial charge in [-0.2, -0.15) is 0 Å². The second kappa shape index (κ2) is 8.34. The monoisotopic (exact) mass is 241 g/mol. The molecule has 0 heterocycles. The predicted octanol–water partition coefficient (Wildman–Crippen LogP) is 2.01. The van der Waals surface area contributed by atoms with Gasteiger partial charge in [-0.05, 0) is 26.7 Å². The summed E-state index contributed by atoms with van der Waals surface area (Å²) in [5.74, 6) is 0. The number of hydrogen-bond acceptors (Lipinski definition) is 2. The molecule has 4 heteroatoms. The van der Waals surface area contributed by atoms with Crippen LogP contribution in [0.3, 0.4) is 0 Å². The third kappa shape index (κ3) is 7.21. The molecular formula is C13H27N3O. The smallest absolute Gasteiger partial charge is 0.315 e.